The molecule has 0 aliphatic carbocycles. The van der Waals surface area contributed by atoms with Gasteiger partial charge >= 0.3 is 5.69 Å². The summed E-state index contributed by atoms with van der Waals surface area (Å²) < 4.78 is 0. The van der Waals surface area contributed by atoms with E-state index in [1.807, 2.05) is 4.90 Å². The third-order valence-corrected chi connectivity index (χ3v) is 5.33. The van der Waals surface area contributed by atoms with Crippen molar-refractivity contribution < 1.29 is 9.72 Å². The van der Waals surface area contributed by atoms with Crippen molar-refractivity contribution in [2.75, 3.05) is 23.3 Å². The molecule has 1 aliphatic rings. The first kappa shape index (κ1) is 18.7. The molecule has 1 fully saturated rings. The van der Waals surface area contributed by atoms with Crippen LogP contribution >= 0.6 is 0 Å². The summed E-state index contributed by atoms with van der Waals surface area (Å²) in [5.74, 6) is 0.159. The van der Waals surface area contributed by atoms with Gasteiger partial charge in [-0.05, 0) is 49.1 Å². The number of fused-ring (bicyclic) bond motifs is 1. The number of H-pyrrole nitrogens is 2. The molecule has 0 spiro atoms. The Hall–Kier alpha value is -3.62. The molecule has 0 bridgehead atoms. The minimum atomic E-state index is -0.454. The van der Waals surface area contributed by atoms with E-state index in [4.69, 9.17) is 0 Å². The van der Waals surface area contributed by atoms with Gasteiger partial charge in [0.1, 0.15) is 5.69 Å². The van der Waals surface area contributed by atoms with E-state index >= 15 is 0 Å². The minimum absolute atomic E-state index is 0.0716. The molecule has 1 aromatic heterocycles. The number of aromatic amines is 2. The monoisotopic (exact) mass is 395 g/mol. The molecule has 3 aromatic rings. The lowest BCUT2D eigenvalue weighted by atomic mass is 9.98. The fraction of sp³-hybridized carbons (Fsp3) is 0.300. The van der Waals surface area contributed by atoms with Gasteiger partial charge in [-0.15, -0.1) is 0 Å². The largest absolute Gasteiger partial charge is 0.366 e. The first-order chi connectivity index (χ1) is 13.9. The molecule has 1 saturated heterocycles. The van der Waals surface area contributed by atoms with Gasteiger partial charge in [-0.3, -0.25) is 14.9 Å². The van der Waals surface area contributed by atoms with Crippen molar-refractivity contribution in [2.45, 2.75) is 19.8 Å². The third kappa shape index (κ3) is 3.84. The highest BCUT2D eigenvalue weighted by Gasteiger charge is 2.24. The maximum Gasteiger partial charge on any atom is 0.323 e. The van der Waals surface area contributed by atoms with Crippen LogP contribution in [0.15, 0.2) is 41.2 Å². The van der Waals surface area contributed by atoms with Crippen molar-refractivity contribution in [1.82, 2.24) is 9.97 Å². The molecule has 3 N–H and O–H groups in total. The molecule has 1 aliphatic heterocycles. The molecule has 2 heterocycles. The summed E-state index contributed by atoms with van der Waals surface area (Å²) in [5.41, 5.74) is 2.02. The number of imidazole rings is 1. The average Bonchev–Trinajstić information content (AvgIpc) is 3.07. The van der Waals surface area contributed by atoms with Gasteiger partial charge in [0, 0.05) is 30.4 Å². The second kappa shape index (κ2) is 7.42. The molecule has 9 heteroatoms. The fourth-order valence-electron chi connectivity index (χ4n) is 3.64. The van der Waals surface area contributed by atoms with Crippen LogP contribution in [0.25, 0.3) is 11.0 Å². The van der Waals surface area contributed by atoms with Crippen LogP contribution in [0, 0.1) is 16.0 Å². The zero-order valence-electron chi connectivity index (χ0n) is 15.9. The van der Waals surface area contributed by atoms with Gasteiger partial charge in [0.25, 0.3) is 11.6 Å². The number of nitro benzene ring substituents is 1. The fourth-order valence-corrected chi connectivity index (χ4v) is 3.64. The van der Waals surface area contributed by atoms with E-state index in [-0.39, 0.29) is 16.9 Å². The maximum atomic E-state index is 12.6. The smallest absolute Gasteiger partial charge is 0.323 e. The molecule has 1 amide bonds. The predicted molar refractivity (Wildman–Crippen MR) is 111 cm³/mol. The Morgan fingerprint density at radius 3 is 2.59 bits per heavy atom. The zero-order valence-corrected chi connectivity index (χ0v) is 15.9. The lowest BCUT2D eigenvalue weighted by Gasteiger charge is -2.31. The molecule has 29 heavy (non-hydrogen) atoms. The first-order valence-corrected chi connectivity index (χ1v) is 9.47. The number of amides is 1. The van der Waals surface area contributed by atoms with Crippen LogP contribution in [0.2, 0.25) is 0 Å². The SMILES string of the molecule is CC1CCN(c2ccc(C(=O)Nc3ccc4[nH]c(=O)[nH]c4c3)cc2[N+](=O)[O-])CC1. The van der Waals surface area contributed by atoms with Gasteiger partial charge < -0.3 is 20.2 Å². The molecule has 2 aromatic carbocycles. The predicted octanol–water partition coefficient (Wildman–Crippen LogP) is 3.25. The summed E-state index contributed by atoms with van der Waals surface area (Å²) in [6.07, 6.45) is 1.98. The normalized spacial score (nSPS) is 14.9. The lowest BCUT2D eigenvalue weighted by Crippen LogP contribution is -2.33. The molecule has 4 rings (SSSR count). The number of anilines is 2. The summed E-state index contributed by atoms with van der Waals surface area (Å²) in [5, 5.41) is 14.3. The molecule has 0 saturated carbocycles. The Labute approximate surface area is 165 Å². The number of nitrogens with zero attached hydrogens (tertiary/aromatic N) is 2. The molecule has 9 nitrogen and oxygen atoms in total. The van der Waals surface area contributed by atoms with Crippen LogP contribution in [0.4, 0.5) is 17.1 Å². The van der Waals surface area contributed by atoms with Gasteiger partial charge in [0.05, 0.1) is 16.0 Å². The number of benzene rings is 2. The molecular weight excluding hydrogens is 374 g/mol. The quantitative estimate of drug-likeness (QED) is 0.462. The van der Waals surface area contributed by atoms with Gasteiger partial charge in [0.2, 0.25) is 0 Å². The Morgan fingerprint density at radius 1 is 1.14 bits per heavy atom. The van der Waals surface area contributed by atoms with Crippen molar-refractivity contribution in [2.24, 2.45) is 5.92 Å². The third-order valence-electron chi connectivity index (χ3n) is 5.33. The number of piperidine rings is 1. The van der Waals surface area contributed by atoms with E-state index in [0.717, 1.165) is 25.9 Å². The van der Waals surface area contributed by atoms with Crippen molar-refractivity contribution in [3.05, 3.63) is 62.6 Å². The van der Waals surface area contributed by atoms with Crippen molar-refractivity contribution in [3.8, 4) is 0 Å². The lowest BCUT2D eigenvalue weighted by molar-refractivity contribution is -0.384. The Kier molecular flexibility index (Phi) is 4.79. The van der Waals surface area contributed by atoms with E-state index in [1.165, 1.54) is 6.07 Å². The summed E-state index contributed by atoms with van der Waals surface area (Å²) in [6.45, 7) is 3.71. The Bertz CT molecular complexity index is 1140. The Balaban J connectivity index is 1.58. The second-order valence-corrected chi connectivity index (χ2v) is 7.42. The van der Waals surface area contributed by atoms with Gasteiger partial charge in [-0.25, -0.2) is 4.79 Å². The van der Waals surface area contributed by atoms with Crippen LogP contribution in [-0.4, -0.2) is 33.9 Å². The molecule has 150 valence electrons. The second-order valence-electron chi connectivity index (χ2n) is 7.42. The standard InChI is InChI=1S/C20H21N5O4/c1-12-6-8-24(9-7-12)17-5-2-13(10-18(17)25(28)29)19(26)21-14-3-4-15-16(11-14)23-20(27)22-15/h2-5,10-12H,6-9H2,1H3,(H,21,26)(H2,22,23,27). The van der Waals surface area contributed by atoms with Gasteiger partial charge in [-0.1, -0.05) is 6.92 Å². The number of carbonyl (C=O) groups excluding carboxylic acids is 1. The number of hydrogen-bond acceptors (Lipinski definition) is 5. The van der Waals surface area contributed by atoms with Crippen molar-refractivity contribution in [3.63, 3.8) is 0 Å². The minimum Gasteiger partial charge on any atom is -0.366 e. The molecule has 0 atom stereocenters. The molecule has 0 unspecified atom stereocenters. The van der Waals surface area contributed by atoms with Crippen LogP contribution < -0.4 is 15.9 Å². The highest BCUT2D eigenvalue weighted by molar-refractivity contribution is 6.05. The average molecular weight is 395 g/mol. The van der Waals surface area contributed by atoms with Gasteiger partial charge in [0.15, 0.2) is 0 Å². The van der Waals surface area contributed by atoms with Crippen LogP contribution in [0.3, 0.4) is 0 Å². The molecular formula is C20H21N5O4. The highest BCUT2D eigenvalue weighted by atomic mass is 16.6. The number of rotatable bonds is 4. The van der Waals surface area contributed by atoms with Crippen molar-refractivity contribution in [1.29, 1.82) is 0 Å². The van der Waals surface area contributed by atoms with Crippen molar-refractivity contribution >= 4 is 34.0 Å². The van der Waals surface area contributed by atoms with E-state index in [9.17, 15) is 19.7 Å². The topological polar surface area (TPSA) is 124 Å². The van der Waals surface area contributed by atoms with E-state index < -0.39 is 10.8 Å². The number of carbonyl (C=O) groups is 1. The van der Waals surface area contributed by atoms with Crippen LogP contribution in [0.5, 0.6) is 0 Å². The van der Waals surface area contributed by atoms with E-state index in [0.29, 0.717) is 28.3 Å². The van der Waals surface area contributed by atoms with Crippen LogP contribution in [0.1, 0.15) is 30.1 Å². The number of hydrogen-bond donors (Lipinski definition) is 3. The first-order valence-electron chi connectivity index (χ1n) is 9.47. The summed E-state index contributed by atoms with van der Waals surface area (Å²) >= 11 is 0. The zero-order chi connectivity index (χ0) is 20.5. The summed E-state index contributed by atoms with van der Waals surface area (Å²) in [7, 11) is 0. The van der Waals surface area contributed by atoms with E-state index in [1.54, 1.807) is 30.3 Å². The number of nitrogens with one attached hydrogen (secondary N) is 3. The Morgan fingerprint density at radius 2 is 1.86 bits per heavy atom. The van der Waals surface area contributed by atoms with Gasteiger partial charge in [-0.2, -0.15) is 0 Å². The maximum absolute atomic E-state index is 12.6. The summed E-state index contributed by atoms with van der Waals surface area (Å²) in [4.78, 5) is 42.4. The number of aromatic nitrogens is 2. The van der Waals surface area contributed by atoms with Crippen LogP contribution in [-0.2, 0) is 0 Å². The summed E-state index contributed by atoms with van der Waals surface area (Å²) in [6, 6.07) is 9.53. The molecule has 0 radical (unpaired) electrons. The highest BCUT2D eigenvalue weighted by Crippen LogP contribution is 2.32. The number of nitro groups is 1. The van der Waals surface area contributed by atoms with E-state index in [2.05, 4.69) is 22.2 Å².